The number of hydrogen-bond acceptors (Lipinski definition) is 3. The van der Waals surface area contributed by atoms with Crippen LogP contribution in [0.2, 0.25) is 0 Å². The van der Waals surface area contributed by atoms with Gasteiger partial charge in [0.2, 0.25) is 5.91 Å². The first-order valence-corrected chi connectivity index (χ1v) is 6.53. The number of nitrogens with zero attached hydrogens (tertiary/aromatic N) is 2. The van der Waals surface area contributed by atoms with Crippen molar-refractivity contribution in [3.05, 3.63) is 30.3 Å². The standard InChI is InChI=1S/C14H20N2O2/c1-2-12-11-14(18)16(15(12)9-6-10-17)13-7-4-3-5-8-13/h3-5,7-8,12,17H,2,6,9-11H2,1H3. The third-order valence-electron chi connectivity index (χ3n) is 3.34. The number of para-hydroxylation sites is 1. The van der Waals surface area contributed by atoms with Crippen molar-refractivity contribution in [3.8, 4) is 0 Å². The molecule has 4 heteroatoms. The zero-order valence-corrected chi connectivity index (χ0v) is 10.7. The summed E-state index contributed by atoms with van der Waals surface area (Å²) in [5.41, 5.74) is 0.913. The molecule has 0 saturated carbocycles. The monoisotopic (exact) mass is 248 g/mol. The minimum atomic E-state index is 0.144. The summed E-state index contributed by atoms with van der Waals surface area (Å²) in [5.74, 6) is 0.144. The normalized spacial score (nSPS) is 20.7. The number of aliphatic hydroxyl groups is 1. The van der Waals surface area contributed by atoms with Crippen molar-refractivity contribution in [1.82, 2.24) is 5.01 Å². The average Bonchev–Trinajstić information content (AvgIpc) is 2.73. The Balaban J connectivity index is 2.22. The van der Waals surface area contributed by atoms with E-state index in [1.807, 2.05) is 30.3 Å². The first-order valence-electron chi connectivity index (χ1n) is 6.53. The molecule has 0 radical (unpaired) electrons. The first-order chi connectivity index (χ1) is 8.77. The highest BCUT2D eigenvalue weighted by Crippen LogP contribution is 2.28. The summed E-state index contributed by atoms with van der Waals surface area (Å²) in [6.45, 7) is 2.97. The second kappa shape index (κ2) is 5.98. The van der Waals surface area contributed by atoms with Gasteiger partial charge in [0.05, 0.1) is 5.69 Å². The average molecular weight is 248 g/mol. The molecule has 4 nitrogen and oxygen atoms in total. The summed E-state index contributed by atoms with van der Waals surface area (Å²) < 4.78 is 0. The Kier molecular flexibility index (Phi) is 4.33. The quantitative estimate of drug-likeness (QED) is 0.864. The van der Waals surface area contributed by atoms with Gasteiger partial charge in [0.25, 0.3) is 0 Å². The van der Waals surface area contributed by atoms with Crippen molar-refractivity contribution in [2.75, 3.05) is 18.2 Å². The van der Waals surface area contributed by atoms with Gasteiger partial charge in [-0.3, -0.25) is 4.79 Å². The molecule has 1 aliphatic heterocycles. The Labute approximate surface area is 108 Å². The van der Waals surface area contributed by atoms with Crippen molar-refractivity contribution in [3.63, 3.8) is 0 Å². The number of benzene rings is 1. The predicted octanol–water partition coefficient (Wildman–Crippen LogP) is 1.80. The van der Waals surface area contributed by atoms with Gasteiger partial charge in [-0.15, -0.1) is 0 Å². The van der Waals surface area contributed by atoms with Crippen LogP contribution in [-0.4, -0.2) is 35.2 Å². The number of rotatable bonds is 5. The van der Waals surface area contributed by atoms with E-state index in [2.05, 4.69) is 11.9 Å². The SMILES string of the molecule is CCC1CC(=O)N(c2ccccc2)N1CCCO. The molecule has 1 amide bonds. The molecule has 0 spiro atoms. The summed E-state index contributed by atoms with van der Waals surface area (Å²) in [4.78, 5) is 12.1. The van der Waals surface area contributed by atoms with E-state index in [0.717, 1.165) is 18.7 Å². The number of carbonyl (C=O) groups is 1. The minimum absolute atomic E-state index is 0.144. The molecular weight excluding hydrogens is 228 g/mol. The van der Waals surface area contributed by atoms with Gasteiger partial charge < -0.3 is 5.11 Å². The van der Waals surface area contributed by atoms with Crippen LogP contribution >= 0.6 is 0 Å². The zero-order valence-electron chi connectivity index (χ0n) is 10.7. The lowest BCUT2D eigenvalue weighted by Crippen LogP contribution is -2.43. The molecule has 1 unspecified atom stereocenters. The van der Waals surface area contributed by atoms with Gasteiger partial charge in [-0.2, -0.15) is 0 Å². The lowest BCUT2D eigenvalue weighted by Gasteiger charge is -2.31. The zero-order chi connectivity index (χ0) is 13.0. The lowest BCUT2D eigenvalue weighted by atomic mass is 10.1. The van der Waals surface area contributed by atoms with E-state index in [1.54, 1.807) is 5.01 Å². The van der Waals surface area contributed by atoms with Crippen LogP contribution in [0.3, 0.4) is 0 Å². The second-order valence-electron chi connectivity index (χ2n) is 4.55. The second-order valence-corrected chi connectivity index (χ2v) is 4.55. The maximum Gasteiger partial charge on any atom is 0.243 e. The van der Waals surface area contributed by atoms with Crippen molar-refractivity contribution in [1.29, 1.82) is 0 Å². The molecule has 1 fully saturated rings. The highest BCUT2D eigenvalue weighted by atomic mass is 16.3. The maximum absolute atomic E-state index is 12.1. The summed E-state index contributed by atoms with van der Waals surface area (Å²) >= 11 is 0. The number of amides is 1. The van der Waals surface area contributed by atoms with Crippen molar-refractivity contribution in [2.45, 2.75) is 32.2 Å². The van der Waals surface area contributed by atoms with Gasteiger partial charge in [-0.05, 0) is 25.0 Å². The van der Waals surface area contributed by atoms with Gasteiger partial charge in [0.15, 0.2) is 0 Å². The Morgan fingerprint density at radius 1 is 1.33 bits per heavy atom. The van der Waals surface area contributed by atoms with Gasteiger partial charge in [-0.25, -0.2) is 10.0 Å². The van der Waals surface area contributed by atoms with E-state index >= 15 is 0 Å². The fraction of sp³-hybridized carbons (Fsp3) is 0.500. The highest BCUT2D eigenvalue weighted by Gasteiger charge is 2.36. The molecule has 1 atom stereocenters. The molecule has 1 N–H and O–H groups in total. The summed E-state index contributed by atoms with van der Waals surface area (Å²) in [6.07, 6.45) is 2.20. The Hall–Kier alpha value is -1.39. The van der Waals surface area contributed by atoms with Crippen molar-refractivity contribution in [2.24, 2.45) is 0 Å². The molecule has 2 rings (SSSR count). The van der Waals surface area contributed by atoms with Crippen molar-refractivity contribution < 1.29 is 9.90 Å². The van der Waals surface area contributed by atoms with E-state index < -0.39 is 0 Å². The van der Waals surface area contributed by atoms with Crippen LogP contribution in [0.5, 0.6) is 0 Å². The predicted molar refractivity (Wildman–Crippen MR) is 71.0 cm³/mol. The van der Waals surface area contributed by atoms with Crippen LogP contribution in [0.25, 0.3) is 0 Å². The molecular formula is C14H20N2O2. The lowest BCUT2D eigenvalue weighted by molar-refractivity contribution is -0.118. The molecule has 1 saturated heterocycles. The topological polar surface area (TPSA) is 43.8 Å². The van der Waals surface area contributed by atoms with E-state index in [0.29, 0.717) is 12.8 Å². The molecule has 1 aromatic carbocycles. The van der Waals surface area contributed by atoms with Gasteiger partial charge >= 0.3 is 0 Å². The molecule has 0 aliphatic carbocycles. The molecule has 1 aliphatic rings. The third-order valence-corrected chi connectivity index (χ3v) is 3.34. The summed E-state index contributed by atoms with van der Waals surface area (Å²) in [7, 11) is 0. The molecule has 0 aromatic heterocycles. The number of hydrazine groups is 1. The smallest absolute Gasteiger partial charge is 0.243 e. The van der Waals surface area contributed by atoms with Crippen LogP contribution in [0.1, 0.15) is 26.2 Å². The van der Waals surface area contributed by atoms with E-state index in [9.17, 15) is 4.79 Å². The number of carbonyl (C=O) groups excluding carboxylic acids is 1. The Morgan fingerprint density at radius 2 is 2.06 bits per heavy atom. The van der Waals surface area contributed by atoms with Crippen LogP contribution in [0.4, 0.5) is 5.69 Å². The van der Waals surface area contributed by atoms with Gasteiger partial charge in [0, 0.05) is 25.6 Å². The molecule has 1 heterocycles. The highest BCUT2D eigenvalue weighted by molar-refractivity contribution is 5.94. The minimum Gasteiger partial charge on any atom is -0.396 e. The maximum atomic E-state index is 12.1. The van der Waals surface area contributed by atoms with Gasteiger partial charge in [-0.1, -0.05) is 25.1 Å². The van der Waals surface area contributed by atoms with Crippen LogP contribution in [-0.2, 0) is 4.79 Å². The molecule has 18 heavy (non-hydrogen) atoms. The van der Waals surface area contributed by atoms with Crippen molar-refractivity contribution >= 4 is 11.6 Å². The van der Waals surface area contributed by atoms with Crippen LogP contribution < -0.4 is 5.01 Å². The largest absolute Gasteiger partial charge is 0.396 e. The Morgan fingerprint density at radius 3 is 2.67 bits per heavy atom. The van der Waals surface area contributed by atoms with E-state index in [4.69, 9.17) is 5.11 Å². The fourth-order valence-electron chi connectivity index (χ4n) is 2.43. The number of anilines is 1. The summed E-state index contributed by atoms with van der Waals surface area (Å²) in [5, 5.41) is 12.8. The molecule has 1 aromatic rings. The fourth-order valence-corrected chi connectivity index (χ4v) is 2.43. The van der Waals surface area contributed by atoms with E-state index in [1.165, 1.54) is 0 Å². The van der Waals surface area contributed by atoms with Gasteiger partial charge in [0.1, 0.15) is 0 Å². The summed E-state index contributed by atoms with van der Waals surface area (Å²) in [6, 6.07) is 9.96. The third kappa shape index (κ3) is 2.54. The van der Waals surface area contributed by atoms with Crippen LogP contribution in [0, 0.1) is 0 Å². The Bertz CT molecular complexity index is 394. The van der Waals surface area contributed by atoms with E-state index in [-0.39, 0.29) is 18.6 Å². The molecule has 98 valence electrons. The number of hydrogen-bond donors (Lipinski definition) is 1. The first kappa shape index (κ1) is 13.1. The molecule has 0 bridgehead atoms. The van der Waals surface area contributed by atoms with Crippen LogP contribution in [0.15, 0.2) is 30.3 Å². The number of aliphatic hydroxyl groups excluding tert-OH is 1.